The van der Waals surface area contributed by atoms with Gasteiger partial charge < -0.3 is 10.1 Å². The van der Waals surface area contributed by atoms with E-state index in [9.17, 15) is 9.59 Å². The van der Waals surface area contributed by atoms with Crippen LogP contribution in [0.25, 0.3) is 0 Å². The molecule has 10 heteroatoms. The topological polar surface area (TPSA) is 93.2 Å². The van der Waals surface area contributed by atoms with Crippen molar-refractivity contribution in [2.24, 2.45) is 0 Å². The van der Waals surface area contributed by atoms with Crippen molar-refractivity contribution in [3.63, 3.8) is 0 Å². The molecule has 0 bridgehead atoms. The molecule has 1 aromatic heterocycles. The molecule has 122 valence electrons. The minimum Gasteiger partial charge on any atom is -0.450 e. The summed E-state index contributed by atoms with van der Waals surface area (Å²) >= 11 is 4.60. The standard InChI is InChI=1S/C13H13IN4O3S2/c1-2-21-12(20)16-11-17-18-13(23-11)22-7-10(19)15-9-6-4-3-5-8(9)14/h3-6H,2,7H2,1H3,(H,15,19)(H,16,17,20). The van der Waals surface area contributed by atoms with Crippen LogP contribution in [0.1, 0.15) is 6.92 Å². The van der Waals surface area contributed by atoms with Gasteiger partial charge in [0.1, 0.15) is 0 Å². The lowest BCUT2D eigenvalue weighted by Gasteiger charge is -2.05. The number of rotatable bonds is 6. The van der Waals surface area contributed by atoms with Gasteiger partial charge >= 0.3 is 6.09 Å². The zero-order valence-electron chi connectivity index (χ0n) is 12.0. The predicted molar refractivity (Wildman–Crippen MR) is 99.1 cm³/mol. The second-order valence-electron chi connectivity index (χ2n) is 4.04. The first-order valence-corrected chi connectivity index (χ1v) is 9.41. The fourth-order valence-corrected chi connectivity index (χ4v) is 3.51. The van der Waals surface area contributed by atoms with Crippen LogP contribution in [0.4, 0.5) is 15.6 Å². The largest absolute Gasteiger partial charge is 0.450 e. The molecule has 1 heterocycles. The van der Waals surface area contributed by atoms with Crippen molar-refractivity contribution in [1.29, 1.82) is 0 Å². The Morgan fingerprint density at radius 3 is 2.83 bits per heavy atom. The number of thioether (sulfide) groups is 1. The fourth-order valence-electron chi connectivity index (χ4n) is 1.45. The highest BCUT2D eigenvalue weighted by Gasteiger charge is 2.11. The number of hydrogen-bond acceptors (Lipinski definition) is 7. The maximum atomic E-state index is 11.9. The number of benzene rings is 1. The molecule has 1 aromatic carbocycles. The van der Waals surface area contributed by atoms with Gasteiger partial charge in [-0.15, -0.1) is 10.2 Å². The van der Waals surface area contributed by atoms with E-state index in [0.29, 0.717) is 9.47 Å². The summed E-state index contributed by atoms with van der Waals surface area (Å²) in [6.45, 7) is 2.00. The average Bonchev–Trinajstić information content (AvgIpc) is 2.95. The Morgan fingerprint density at radius 1 is 1.30 bits per heavy atom. The molecule has 0 aliphatic heterocycles. The second-order valence-corrected chi connectivity index (χ2v) is 7.40. The van der Waals surface area contributed by atoms with E-state index in [0.717, 1.165) is 9.26 Å². The minimum atomic E-state index is -0.573. The van der Waals surface area contributed by atoms with Crippen molar-refractivity contribution in [2.75, 3.05) is 23.0 Å². The highest BCUT2D eigenvalue weighted by Crippen LogP contribution is 2.26. The molecule has 0 aliphatic rings. The van der Waals surface area contributed by atoms with Crippen LogP contribution in [-0.4, -0.2) is 34.6 Å². The third kappa shape index (κ3) is 5.95. The summed E-state index contributed by atoms with van der Waals surface area (Å²) in [6, 6.07) is 7.53. The first-order chi connectivity index (χ1) is 11.1. The number of amides is 2. The average molecular weight is 464 g/mol. The van der Waals surface area contributed by atoms with Crippen molar-refractivity contribution < 1.29 is 14.3 Å². The molecular weight excluding hydrogens is 451 g/mol. The molecule has 23 heavy (non-hydrogen) atoms. The number of nitrogens with one attached hydrogen (secondary N) is 2. The molecule has 0 atom stereocenters. The molecule has 2 N–H and O–H groups in total. The highest BCUT2D eigenvalue weighted by molar-refractivity contribution is 14.1. The van der Waals surface area contributed by atoms with Gasteiger partial charge in [-0.3, -0.25) is 10.1 Å². The third-order valence-corrected chi connectivity index (χ3v) is 5.28. The summed E-state index contributed by atoms with van der Waals surface area (Å²) in [4.78, 5) is 23.2. The number of carbonyl (C=O) groups is 2. The van der Waals surface area contributed by atoms with Crippen molar-refractivity contribution in [3.05, 3.63) is 27.8 Å². The Bertz CT molecular complexity index is 695. The molecule has 2 aromatic rings. The van der Waals surface area contributed by atoms with Crippen LogP contribution in [0.5, 0.6) is 0 Å². The smallest absolute Gasteiger partial charge is 0.413 e. The summed E-state index contributed by atoms with van der Waals surface area (Å²) in [5, 5.41) is 13.4. The van der Waals surface area contributed by atoms with Gasteiger partial charge in [-0.1, -0.05) is 35.2 Å². The zero-order chi connectivity index (χ0) is 16.7. The number of hydrogen-bond donors (Lipinski definition) is 2. The quantitative estimate of drug-likeness (QED) is 0.387. The Kier molecular flexibility index (Phi) is 7.05. The van der Waals surface area contributed by atoms with Gasteiger partial charge in [0, 0.05) is 3.57 Å². The normalized spacial score (nSPS) is 10.2. The molecule has 2 rings (SSSR count). The summed E-state index contributed by atoms with van der Waals surface area (Å²) in [7, 11) is 0. The molecule has 0 fully saturated rings. The minimum absolute atomic E-state index is 0.130. The van der Waals surface area contributed by atoms with Crippen molar-refractivity contribution in [2.45, 2.75) is 11.3 Å². The SMILES string of the molecule is CCOC(=O)Nc1nnc(SCC(=O)Nc2ccccc2I)s1. The van der Waals surface area contributed by atoms with E-state index in [2.05, 4.69) is 43.4 Å². The number of para-hydroxylation sites is 1. The number of carbonyl (C=O) groups excluding carboxylic acids is 2. The van der Waals surface area contributed by atoms with Gasteiger partial charge in [-0.25, -0.2) is 4.79 Å². The van der Waals surface area contributed by atoms with Crippen molar-refractivity contribution >= 4 is 68.5 Å². The first-order valence-electron chi connectivity index (χ1n) is 6.53. The van der Waals surface area contributed by atoms with E-state index in [4.69, 9.17) is 4.74 Å². The van der Waals surface area contributed by atoms with Gasteiger partial charge in [0.2, 0.25) is 11.0 Å². The van der Waals surface area contributed by atoms with E-state index in [1.807, 2.05) is 24.3 Å². The number of aromatic nitrogens is 2. The maximum absolute atomic E-state index is 11.9. The lowest BCUT2D eigenvalue weighted by atomic mass is 10.3. The van der Waals surface area contributed by atoms with Crippen LogP contribution in [0.15, 0.2) is 28.6 Å². The maximum Gasteiger partial charge on any atom is 0.413 e. The van der Waals surface area contributed by atoms with Gasteiger partial charge in [0.05, 0.1) is 18.0 Å². The van der Waals surface area contributed by atoms with Crippen molar-refractivity contribution in [1.82, 2.24) is 10.2 Å². The van der Waals surface area contributed by atoms with Crippen molar-refractivity contribution in [3.8, 4) is 0 Å². The predicted octanol–water partition coefficient (Wildman–Crippen LogP) is 3.44. The Balaban J connectivity index is 1.82. The monoisotopic (exact) mass is 464 g/mol. The molecular formula is C13H13IN4O3S2. The van der Waals surface area contributed by atoms with E-state index in [-0.39, 0.29) is 18.3 Å². The highest BCUT2D eigenvalue weighted by atomic mass is 127. The number of halogens is 1. The van der Waals surface area contributed by atoms with Crippen LogP contribution in [-0.2, 0) is 9.53 Å². The van der Waals surface area contributed by atoms with Gasteiger partial charge in [-0.05, 0) is 41.6 Å². The van der Waals surface area contributed by atoms with Crippen LogP contribution in [0.3, 0.4) is 0 Å². The van der Waals surface area contributed by atoms with E-state index >= 15 is 0 Å². The first kappa shape index (κ1) is 17.9. The fraction of sp³-hybridized carbons (Fsp3) is 0.231. The summed E-state index contributed by atoms with van der Waals surface area (Å²) in [5.41, 5.74) is 0.778. The van der Waals surface area contributed by atoms with E-state index in [1.54, 1.807) is 6.92 Å². The number of nitrogens with zero attached hydrogens (tertiary/aromatic N) is 2. The Morgan fingerprint density at radius 2 is 2.09 bits per heavy atom. The molecule has 2 amide bonds. The summed E-state index contributed by atoms with van der Waals surface area (Å²) in [6.07, 6.45) is -0.573. The molecule has 0 unspecified atom stereocenters. The molecule has 0 aliphatic carbocycles. The lowest BCUT2D eigenvalue weighted by Crippen LogP contribution is -2.14. The van der Waals surface area contributed by atoms with Gasteiger partial charge in [0.25, 0.3) is 0 Å². The third-order valence-electron chi connectivity index (χ3n) is 2.37. The Hall–Kier alpha value is -1.40. The van der Waals surface area contributed by atoms with Crippen LogP contribution in [0, 0.1) is 3.57 Å². The van der Waals surface area contributed by atoms with E-state index < -0.39 is 6.09 Å². The number of ether oxygens (including phenoxy) is 1. The molecule has 0 saturated heterocycles. The lowest BCUT2D eigenvalue weighted by molar-refractivity contribution is -0.113. The zero-order valence-corrected chi connectivity index (χ0v) is 15.8. The van der Waals surface area contributed by atoms with Gasteiger partial charge in [-0.2, -0.15) is 0 Å². The van der Waals surface area contributed by atoms with Gasteiger partial charge in [0.15, 0.2) is 4.34 Å². The molecule has 7 nitrogen and oxygen atoms in total. The van der Waals surface area contributed by atoms with Crippen LogP contribution < -0.4 is 10.6 Å². The molecule has 0 spiro atoms. The summed E-state index contributed by atoms with van der Waals surface area (Å²) < 4.78 is 6.31. The molecule has 0 saturated carbocycles. The van der Waals surface area contributed by atoms with E-state index in [1.165, 1.54) is 23.1 Å². The summed E-state index contributed by atoms with van der Waals surface area (Å²) in [5.74, 6) is 0.0770. The number of anilines is 2. The van der Waals surface area contributed by atoms with Crippen LogP contribution in [0.2, 0.25) is 0 Å². The molecule has 0 radical (unpaired) electrons. The second kappa shape index (κ2) is 9.03. The van der Waals surface area contributed by atoms with Crippen LogP contribution >= 0.6 is 45.7 Å². The Labute approximate surface area is 154 Å².